The van der Waals surface area contributed by atoms with Crippen molar-refractivity contribution in [3.63, 3.8) is 0 Å². The van der Waals surface area contributed by atoms with E-state index in [4.69, 9.17) is 20.4 Å². The third kappa shape index (κ3) is 7.72. The van der Waals surface area contributed by atoms with Crippen molar-refractivity contribution < 1.29 is 14.6 Å². The van der Waals surface area contributed by atoms with E-state index in [1.165, 1.54) is 5.56 Å². The average molecular weight is 563 g/mol. The molecule has 2 aliphatic rings. The third-order valence-corrected chi connectivity index (χ3v) is 7.22. The van der Waals surface area contributed by atoms with Gasteiger partial charge in [-0.1, -0.05) is 51.6 Å². The number of rotatable bonds is 8. The van der Waals surface area contributed by atoms with Gasteiger partial charge < -0.3 is 20.1 Å². The molecule has 0 saturated carbocycles. The van der Waals surface area contributed by atoms with Gasteiger partial charge in [-0.25, -0.2) is 4.79 Å². The number of nitrogens with zero attached hydrogens (tertiary/aromatic N) is 7. The van der Waals surface area contributed by atoms with Crippen molar-refractivity contribution in [2.45, 2.75) is 64.6 Å². The van der Waals surface area contributed by atoms with Crippen molar-refractivity contribution in [3.05, 3.63) is 71.8 Å². The number of aliphatic hydroxyl groups is 1. The number of carbonyl (C=O) groups is 1. The highest BCUT2D eigenvalue weighted by molar-refractivity contribution is 5.69. The molecule has 5 rings (SSSR count). The van der Waals surface area contributed by atoms with Gasteiger partial charge in [-0.05, 0) is 29.5 Å². The summed E-state index contributed by atoms with van der Waals surface area (Å²) < 4.78 is 9.12. The first-order chi connectivity index (χ1) is 19.5. The minimum absolute atomic E-state index is 0. The van der Waals surface area contributed by atoms with Crippen molar-refractivity contribution in [1.82, 2.24) is 29.8 Å². The second-order valence-corrected chi connectivity index (χ2v) is 9.91. The van der Waals surface area contributed by atoms with Gasteiger partial charge in [0, 0.05) is 32.6 Å². The molecule has 2 aliphatic heterocycles. The van der Waals surface area contributed by atoms with Crippen LogP contribution >= 0.6 is 0 Å². The van der Waals surface area contributed by atoms with Crippen LogP contribution < -0.4 is 5.32 Å². The molecule has 0 spiro atoms. The maximum atomic E-state index is 12.2. The topological polar surface area (TPSA) is 145 Å². The molecule has 2 fully saturated rings. The summed E-state index contributed by atoms with van der Waals surface area (Å²) in [4.78, 5) is 13.8. The van der Waals surface area contributed by atoms with Gasteiger partial charge >= 0.3 is 6.09 Å². The average Bonchev–Trinajstić information content (AvgIpc) is 3.64. The van der Waals surface area contributed by atoms with Crippen molar-refractivity contribution in [3.8, 4) is 12.1 Å². The third-order valence-electron chi connectivity index (χ3n) is 7.22. The molecule has 0 radical (unpaired) electrons. The number of aliphatic hydroxyl groups excluding tert-OH is 1. The number of ether oxygens (including phenoxy) is 1. The Labute approximate surface area is 242 Å². The number of hydrogen-bond acceptors (Lipinski definition) is 8. The van der Waals surface area contributed by atoms with Crippen LogP contribution in [0.2, 0.25) is 0 Å². The van der Waals surface area contributed by atoms with Crippen molar-refractivity contribution in [2.24, 2.45) is 0 Å². The van der Waals surface area contributed by atoms with E-state index in [-0.39, 0.29) is 25.7 Å². The molecular weight excluding hydrogens is 520 g/mol. The van der Waals surface area contributed by atoms with E-state index >= 15 is 0 Å². The zero-order valence-electron chi connectivity index (χ0n) is 23.5. The lowest BCUT2D eigenvalue weighted by Crippen LogP contribution is -2.64. The zero-order chi connectivity index (χ0) is 29.0. The monoisotopic (exact) mass is 562 g/mol. The standard InChI is InChI=1S/C18H20N4O2.C10H14N4.CH4O.CH4/c1-2-15-10-20-22(11-15)18(8-9-19)13-21(14-18)17(23)24-12-16-6-4-3-5-7-16;1-2-9-5-13-14(6-9)10(3-4-11)7-12-8-10;1-2;/h3-7,10-11H,2,8,12-14H2,1H3;5-6,12H,2-3,7-8H2,1H3;2H,1H3;1H4. The molecule has 41 heavy (non-hydrogen) atoms. The molecule has 0 aliphatic carbocycles. The molecule has 2 N–H and O–H groups in total. The first-order valence-electron chi connectivity index (χ1n) is 13.4. The largest absolute Gasteiger partial charge is 0.445 e. The first kappa shape index (κ1) is 33.0. The molecule has 0 unspecified atom stereocenters. The molecule has 3 aromatic rings. The lowest BCUT2D eigenvalue weighted by Gasteiger charge is -2.48. The lowest BCUT2D eigenvalue weighted by molar-refractivity contribution is -0.00260. The van der Waals surface area contributed by atoms with Crippen LogP contribution in [0.5, 0.6) is 0 Å². The van der Waals surface area contributed by atoms with Crippen LogP contribution in [0.1, 0.15) is 50.8 Å². The summed E-state index contributed by atoms with van der Waals surface area (Å²) in [6.07, 6.45) is 10.1. The van der Waals surface area contributed by atoms with Crippen LogP contribution in [0, 0.1) is 22.7 Å². The molecule has 0 bridgehead atoms. The minimum Gasteiger partial charge on any atom is -0.445 e. The zero-order valence-corrected chi connectivity index (χ0v) is 23.5. The molecule has 1 amide bonds. The fraction of sp³-hybridized carbons (Fsp3) is 0.500. The van der Waals surface area contributed by atoms with Crippen molar-refractivity contribution in [1.29, 1.82) is 10.5 Å². The maximum absolute atomic E-state index is 12.2. The SMILES string of the molecule is C.CCc1cnn(C2(CC#N)CN(C(=O)OCc3ccccc3)C2)c1.CCc1cnn(C2(CC#N)CNC2)c1.CO. The summed E-state index contributed by atoms with van der Waals surface area (Å²) in [6, 6.07) is 14.0. The van der Waals surface area contributed by atoms with Gasteiger partial charge in [-0.2, -0.15) is 20.7 Å². The number of nitriles is 2. The van der Waals surface area contributed by atoms with Crippen LogP contribution in [0.4, 0.5) is 4.79 Å². The van der Waals surface area contributed by atoms with Gasteiger partial charge in [0.05, 0.1) is 50.5 Å². The van der Waals surface area contributed by atoms with Crippen LogP contribution in [0.25, 0.3) is 0 Å². The number of carbonyl (C=O) groups excluding carboxylic acids is 1. The van der Waals surface area contributed by atoms with Gasteiger partial charge in [0.1, 0.15) is 17.7 Å². The highest BCUT2D eigenvalue weighted by atomic mass is 16.6. The number of amides is 1. The Bertz CT molecular complexity index is 1290. The predicted molar refractivity (Wildman–Crippen MR) is 156 cm³/mol. The summed E-state index contributed by atoms with van der Waals surface area (Å²) in [5, 5.41) is 36.8. The summed E-state index contributed by atoms with van der Waals surface area (Å²) >= 11 is 0. The van der Waals surface area contributed by atoms with E-state index in [1.54, 1.807) is 4.90 Å². The fourth-order valence-corrected chi connectivity index (χ4v) is 4.62. The number of likely N-dealkylation sites (tertiary alicyclic amines) is 1. The minimum atomic E-state index is -0.437. The van der Waals surface area contributed by atoms with E-state index in [0.29, 0.717) is 25.9 Å². The van der Waals surface area contributed by atoms with E-state index in [0.717, 1.165) is 44.2 Å². The van der Waals surface area contributed by atoms with Crippen LogP contribution in [-0.2, 0) is 35.3 Å². The lowest BCUT2D eigenvalue weighted by atomic mass is 9.87. The van der Waals surface area contributed by atoms with Crippen LogP contribution in [0.3, 0.4) is 0 Å². The van der Waals surface area contributed by atoms with Crippen LogP contribution in [-0.4, -0.2) is 68.9 Å². The van der Waals surface area contributed by atoms with E-state index in [2.05, 4.69) is 47.7 Å². The van der Waals surface area contributed by atoms with Gasteiger partial charge in [0.15, 0.2) is 0 Å². The summed E-state index contributed by atoms with van der Waals surface area (Å²) in [6.45, 7) is 7.02. The van der Waals surface area contributed by atoms with Gasteiger partial charge in [0.2, 0.25) is 0 Å². The Morgan fingerprint density at radius 1 is 0.927 bits per heavy atom. The number of aryl methyl sites for hydroxylation is 2. The Kier molecular flexibility index (Phi) is 12.5. The highest BCUT2D eigenvalue weighted by Gasteiger charge is 2.48. The molecule has 2 aromatic heterocycles. The second-order valence-electron chi connectivity index (χ2n) is 9.91. The fourth-order valence-electron chi connectivity index (χ4n) is 4.62. The molecule has 11 nitrogen and oxygen atoms in total. The predicted octanol–water partition coefficient (Wildman–Crippen LogP) is 3.61. The van der Waals surface area contributed by atoms with Gasteiger partial charge in [-0.15, -0.1) is 0 Å². The molecule has 1 aromatic carbocycles. The number of aromatic nitrogens is 4. The molecule has 0 atom stereocenters. The normalized spacial score (nSPS) is 15.5. The van der Waals surface area contributed by atoms with Crippen molar-refractivity contribution in [2.75, 3.05) is 33.3 Å². The number of benzene rings is 1. The summed E-state index contributed by atoms with van der Waals surface area (Å²) in [5.41, 5.74) is 2.79. The Hall–Kier alpha value is -4.19. The van der Waals surface area contributed by atoms with Crippen LogP contribution in [0.15, 0.2) is 55.1 Å². The second kappa shape index (κ2) is 15.6. The van der Waals surface area contributed by atoms with Crippen molar-refractivity contribution >= 4 is 6.09 Å². The number of nitrogens with one attached hydrogen (secondary N) is 1. The molecule has 220 valence electrons. The van der Waals surface area contributed by atoms with Gasteiger partial charge in [0.25, 0.3) is 0 Å². The maximum Gasteiger partial charge on any atom is 0.410 e. The quantitative estimate of drug-likeness (QED) is 0.424. The summed E-state index contributed by atoms with van der Waals surface area (Å²) in [5.74, 6) is 0. The Balaban J connectivity index is 0.000000295. The van der Waals surface area contributed by atoms with E-state index < -0.39 is 5.54 Å². The molecule has 11 heteroatoms. The Morgan fingerprint density at radius 2 is 1.44 bits per heavy atom. The van der Waals surface area contributed by atoms with E-state index in [9.17, 15) is 4.79 Å². The molecular formula is C30H42N8O3. The Morgan fingerprint density at radius 3 is 1.88 bits per heavy atom. The smallest absolute Gasteiger partial charge is 0.410 e. The first-order valence-corrected chi connectivity index (χ1v) is 13.4. The summed E-state index contributed by atoms with van der Waals surface area (Å²) in [7, 11) is 1.00. The highest BCUT2D eigenvalue weighted by Crippen LogP contribution is 2.33. The number of hydrogen-bond donors (Lipinski definition) is 2. The van der Waals surface area contributed by atoms with Gasteiger partial charge in [-0.3, -0.25) is 9.36 Å². The molecule has 4 heterocycles. The van der Waals surface area contributed by atoms with E-state index in [1.807, 2.05) is 58.3 Å². The molecule has 2 saturated heterocycles.